The van der Waals surface area contributed by atoms with E-state index in [-0.39, 0.29) is 18.1 Å². The van der Waals surface area contributed by atoms with Crippen molar-refractivity contribution in [3.63, 3.8) is 0 Å². The highest BCUT2D eigenvalue weighted by molar-refractivity contribution is 5.96. The van der Waals surface area contributed by atoms with Crippen molar-refractivity contribution in [1.82, 2.24) is 9.99 Å². The first kappa shape index (κ1) is 13.7. The Hall–Kier alpha value is -2.71. The number of rotatable bonds is 3. The van der Waals surface area contributed by atoms with Crippen LogP contribution in [-0.2, 0) is 9.47 Å². The molecule has 1 amide bonds. The topological polar surface area (TPSA) is 108 Å². The number of fused-ring (bicyclic) bond motifs is 1. The predicted octanol–water partition coefficient (Wildman–Crippen LogP) is -0.400. The largest absolute Gasteiger partial charge is 0.511 e. The van der Waals surface area contributed by atoms with Gasteiger partial charge in [-0.25, -0.2) is 4.79 Å². The van der Waals surface area contributed by atoms with Crippen LogP contribution in [0.4, 0.5) is 4.79 Å². The molecular weight excluding hydrogens is 270 g/mol. The summed E-state index contributed by atoms with van der Waals surface area (Å²) in [5.74, 6) is -0.685. The number of hydrogen-bond acceptors (Lipinski definition) is 7. The van der Waals surface area contributed by atoms with Gasteiger partial charge in [-0.1, -0.05) is 0 Å². The van der Waals surface area contributed by atoms with Crippen LogP contribution in [0.1, 0.15) is 17.4 Å². The fourth-order valence-corrected chi connectivity index (χ4v) is 1.64. The van der Waals surface area contributed by atoms with Crippen molar-refractivity contribution in [2.45, 2.75) is 13.2 Å². The summed E-state index contributed by atoms with van der Waals surface area (Å²) in [5.41, 5.74) is 2.32. The number of nitrogens with one attached hydrogen (secondary N) is 2. The van der Waals surface area contributed by atoms with Crippen molar-refractivity contribution in [3.8, 4) is 5.75 Å². The molecule has 1 aromatic heterocycles. The molecule has 9 heteroatoms. The number of ether oxygens (including phenoxy) is 3. The number of carbonyl (C=O) groups excluding carboxylic acids is 2. The minimum Gasteiger partial charge on any atom is -0.448 e. The van der Waals surface area contributed by atoms with Gasteiger partial charge in [-0.2, -0.15) is 0 Å². The molecule has 2 rings (SSSR count). The maximum atomic E-state index is 11.8. The van der Waals surface area contributed by atoms with Crippen LogP contribution in [0, 0.1) is 0 Å². The molecule has 0 aromatic carbocycles. The van der Waals surface area contributed by atoms with Gasteiger partial charge in [0.15, 0.2) is 5.69 Å². The highest BCUT2D eigenvalue weighted by Gasteiger charge is 2.25. The number of pyridine rings is 1. The SMILES string of the molecule is COC(=O)OC(C)Oc1c2n(ccc1=O)NCNC2=O. The van der Waals surface area contributed by atoms with Gasteiger partial charge in [0.1, 0.15) is 6.67 Å². The molecule has 0 saturated carbocycles. The zero-order valence-corrected chi connectivity index (χ0v) is 10.8. The van der Waals surface area contributed by atoms with E-state index in [9.17, 15) is 14.4 Å². The normalized spacial score (nSPS) is 14.4. The average molecular weight is 283 g/mol. The molecule has 0 fully saturated rings. The van der Waals surface area contributed by atoms with Gasteiger partial charge in [0.2, 0.25) is 17.5 Å². The minimum atomic E-state index is -1.09. The van der Waals surface area contributed by atoms with Gasteiger partial charge >= 0.3 is 6.16 Å². The standard InChI is InChI=1S/C11H13N3O6/c1-6(20-11(17)18-2)19-9-7(15)3-4-14-8(9)10(16)12-5-13-14/h3-4,6,13H,5H2,1-2H3,(H,12,16). The molecular formula is C11H13N3O6. The molecule has 1 aliphatic rings. The van der Waals surface area contributed by atoms with Crippen LogP contribution in [0.3, 0.4) is 0 Å². The molecule has 2 N–H and O–H groups in total. The number of carbonyl (C=O) groups is 2. The van der Waals surface area contributed by atoms with Crippen molar-refractivity contribution in [1.29, 1.82) is 0 Å². The second-order valence-electron chi connectivity index (χ2n) is 3.83. The Labute approximate surface area is 113 Å². The summed E-state index contributed by atoms with van der Waals surface area (Å²) in [4.78, 5) is 34.6. The third-order valence-corrected chi connectivity index (χ3v) is 2.48. The second kappa shape index (κ2) is 5.51. The lowest BCUT2D eigenvalue weighted by Gasteiger charge is -2.24. The first-order chi connectivity index (χ1) is 9.52. The number of amides is 1. The van der Waals surface area contributed by atoms with Crippen molar-refractivity contribution in [2.24, 2.45) is 0 Å². The Morgan fingerprint density at radius 2 is 2.20 bits per heavy atom. The molecule has 1 aliphatic heterocycles. The highest BCUT2D eigenvalue weighted by Crippen LogP contribution is 2.16. The zero-order valence-electron chi connectivity index (χ0n) is 10.8. The van der Waals surface area contributed by atoms with Crippen molar-refractivity contribution in [3.05, 3.63) is 28.2 Å². The van der Waals surface area contributed by atoms with Crippen LogP contribution in [0.2, 0.25) is 0 Å². The molecule has 1 unspecified atom stereocenters. The third kappa shape index (κ3) is 2.66. The van der Waals surface area contributed by atoms with Crippen molar-refractivity contribution in [2.75, 3.05) is 19.2 Å². The van der Waals surface area contributed by atoms with Gasteiger partial charge < -0.3 is 25.0 Å². The summed E-state index contributed by atoms with van der Waals surface area (Å²) in [6.45, 7) is 1.62. The Morgan fingerprint density at radius 1 is 1.45 bits per heavy atom. The Morgan fingerprint density at radius 3 is 2.90 bits per heavy atom. The van der Waals surface area contributed by atoms with Gasteiger partial charge in [0.25, 0.3) is 5.91 Å². The van der Waals surface area contributed by atoms with Crippen LogP contribution >= 0.6 is 0 Å². The van der Waals surface area contributed by atoms with E-state index >= 15 is 0 Å². The third-order valence-electron chi connectivity index (χ3n) is 2.48. The molecule has 108 valence electrons. The van der Waals surface area contributed by atoms with Gasteiger partial charge in [0, 0.05) is 19.2 Å². The van der Waals surface area contributed by atoms with Crippen LogP contribution in [0.15, 0.2) is 17.1 Å². The van der Waals surface area contributed by atoms with E-state index in [1.165, 1.54) is 23.9 Å². The van der Waals surface area contributed by atoms with Crippen LogP contribution in [-0.4, -0.2) is 36.8 Å². The number of methoxy groups -OCH3 is 1. The van der Waals surface area contributed by atoms with E-state index in [1.54, 1.807) is 0 Å². The van der Waals surface area contributed by atoms with E-state index in [0.717, 1.165) is 7.11 Å². The Balaban J connectivity index is 2.29. The molecule has 1 aromatic rings. The van der Waals surface area contributed by atoms with Crippen LogP contribution < -0.4 is 20.9 Å². The van der Waals surface area contributed by atoms with E-state index in [0.29, 0.717) is 0 Å². The lowest BCUT2D eigenvalue weighted by molar-refractivity contribution is -0.0481. The minimum absolute atomic E-state index is 0.00376. The van der Waals surface area contributed by atoms with Gasteiger partial charge in [0.05, 0.1) is 7.11 Å². The van der Waals surface area contributed by atoms with Gasteiger partial charge in [-0.3, -0.25) is 14.3 Å². The zero-order chi connectivity index (χ0) is 14.7. The molecule has 0 radical (unpaired) electrons. The summed E-state index contributed by atoms with van der Waals surface area (Å²) in [5, 5.41) is 2.51. The molecule has 1 atom stereocenters. The highest BCUT2D eigenvalue weighted by atomic mass is 16.8. The summed E-state index contributed by atoms with van der Waals surface area (Å²) in [6.07, 6.45) is -0.628. The van der Waals surface area contributed by atoms with E-state index < -0.39 is 23.8 Å². The molecule has 2 heterocycles. The monoisotopic (exact) mass is 283 g/mol. The number of aromatic nitrogens is 1. The van der Waals surface area contributed by atoms with Crippen LogP contribution in [0.5, 0.6) is 5.75 Å². The van der Waals surface area contributed by atoms with E-state index in [4.69, 9.17) is 9.47 Å². The fraction of sp³-hybridized carbons (Fsp3) is 0.364. The summed E-state index contributed by atoms with van der Waals surface area (Å²) >= 11 is 0. The van der Waals surface area contributed by atoms with E-state index in [1.807, 2.05) is 0 Å². The smallest absolute Gasteiger partial charge is 0.448 e. The molecule has 0 bridgehead atoms. The summed E-state index contributed by atoms with van der Waals surface area (Å²) in [7, 11) is 1.14. The Kier molecular flexibility index (Phi) is 3.78. The average Bonchev–Trinajstić information content (AvgIpc) is 2.42. The number of nitrogens with zero attached hydrogens (tertiary/aromatic N) is 1. The van der Waals surface area contributed by atoms with Crippen LogP contribution in [0.25, 0.3) is 0 Å². The summed E-state index contributed by atoms with van der Waals surface area (Å²) in [6, 6.07) is 1.23. The first-order valence-electron chi connectivity index (χ1n) is 5.72. The quantitative estimate of drug-likeness (QED) is 0.574. The lowest BCUT2D eigenvalue weighted by atomic mass is 10.3. The molecule has 0 saturated heterocycles. The van der Waals surface area contributed by atoms with Crippen molar-refractivity contribution < 1.29 is 23.8 Å². The maximum absolute atomic E-state index is 11.8. The second-order valence-corrected chi connectivity index (χ2v) is 3.83. The predicted molar refractivity (Wildman–Crippen MR) is 66.0 cm³/mol. The van der Waals surface area contributed by atoms with Crippen molar-refractivity contribution >= 4 is 12.1 Å². The van der Waals surface area contributed by atoms with Gasteiger partial charge in [-0.05, 0) is 0 Å². The first-order valence-corrected chi connectivity index (χ1v) is 5.72. The molecule has 9 nitrogen and oxygen atoms in total. The summed E-state index contributed by atoms with van der Waals surface area (Å²) < 4.78 is 15.6. The van der Waals surface area contributed by atoms with Gasteiger partial charge in [-0.15, -0.1) is 0 Å². The Bertz CT molecular complexity index is 596. The molecule has 0 spiro atoms. The fourth-order valence-electron chi connectivity index (χ4n) is 1.64. The maximum Gasteiger partial charge on any atom is 0.511 e. The molecule has 20 heavy (non-hydrogen) atoms. The van der Waals surface area contributed by atoms with E-state index in [2.05, 4.69) is 15.5 Å². The lowest BCUT2D eigenvalue weighted by Crippen LogP contribution is -2.43. The molecule has 0 aliphatic carbocycles. The number of hydrogen-bond donors (Lipinski definition) is 2.